The standard InChI is InChI=1S/C17H21N3O3/c21-16(11-23-10-13-1-2-13)9-19-17(22)14-3-5-15(6-4-14)20-8-7-18-12-20/h3-8,12-13,16,21H,1-2,9-11H2,(H,19,22). The Morgan fingerprint density at radius 2 is 2.17 bits per heavy atom. The molecule has 0 bridgehead atoms. The van der Waals surface area contributed by atoms with Crippen LogP contribution >= 0.6 is 0 Å². The lowest BCUT2D eigenvalue weighted by Crippen LogP contribution is -2.34. The van der Waals surface area contributed by atoms with Gasteiger partial charge in [0.15, 0.2) is 0 Å². The van der Waals surface area contributed by atoms with Crippen LogP contribution in [0.3, 0.4) is 0 Å². The van der Waals surface area contributed by atoms with Gasteiger partial charge in [0.1, 0.15) is 0 Å². The second kappa shape index (κ2) is 7.39. The number of nitrogens with zero attached hydrogens (tertiary/aromatic N) is 2. The summed E-state index contributed by atoms with van der Waals surface area (Å²) in [4.78, 5) is 16.0. The fraction of sp³-hybridized carbons (Fsp3) is 0.412. The summed E-state index contributed by atoms with van der Waals surface area (Å²) >= 11 is 0. The van der Waals surface area contributed by atoms with Crippen molar-refractivity contribution in [3.05, 3.63) is 48.5 Å². The number of carbonyl (C=O) groups is 1. The number of hydrogen-bond donors (Lipinski definition) is 2. The summed E-state index contributed by atoms with van der Waals surface area (Å²) in [5, 5.41) is 12.5. The van der Waals surface area contributed by atoms with Gasteiger partial charge in [0, 0.05) is 36.8 Å². The molecule has 1 aromatic carbocycles. The summed E-state index contributed by atoms with van der Waals surface area (Å²) in [5.74, 6) is 0.467. The molecule has 1 heterocycles. The van der Waals surface area contributed by atoms with E-state index in [1.54, 1.807) is 24.7 Å². The van der Waals surface area contributed by atoms with Gasteiger partial charge in [-0.25, -0.2) is 4.98 Å². The minimum absolute atomic E-state index is 0.187. The van der Waals surface area contributed by atoms with E-state index < -0.39 is 6.10 Å². The molecule has 1 fully saturated rings. The van der Waals surface area contributed by atoms with Crippen molar-refractivity contribution in [2.75, 3.05) is 19.8 Å². The molecule has 23 heavy (non-hydrogen) atoms. The average molecular weight is 315 g/mol. The van der Waals surface area contributed by atoms with E-state index in [4.69, 9.17) is 4.74 Å². The van der Waals surface area contributed by atoms with Gasteiger partial charge in [0.25, 0.3) is 5.91 Å². The minimum atomic E-state index is -0.678. The largest absolute Gasteiger partial charge is 0.389 e. The van der Waals surface area contributed by atoms with E-state index in [0.29, 0.717) is 18.1 Å². The number of carbonyl (C=O) groups excluding carboxylic acids is 1. The minimum Gasteiger partial charge on any atom is -0.389 e. The number of hydrogen-bond acceptors (Lipinski definition) is 4. The monoisotopic (exact) mass is 315 g/mol. The van der Waals surface area contributed by atoms with Crippen molar-refractivity contribution in [3.8, 4) is 5.69 Å². The molecule has 1 unspecified atom stereocenters. The van der Waals surface area contributed by atoms with Crippen molar-refractivity contribution >= 4 is 5.91 Å². The molecule has 6 heteroatoms. The van der Waals surface area contributed by atoms with Crippen LogP contribution in [0.1, 0.15) is 23.2 Å². The maximum absolute atomic E-state index is 12.1. The summed E-state index contributed by atoms with van der Waals surface area (Å²) in [6.45, 7) is 1.16. The van der Waals surface area contributed by atoms with E-state index in [0.717, 1.165) is 5.69 Å². The maximum atomic E-state index is 12.1. The third kappa shape index (κ3) is 4.64. The van der Waals surface area contributed by atoms with Gasteiger partial charge >= 0.3 is 0 Å². The second-order valence-corrected chi connectivity index (χ2v) is 5.86. The molecule has 6 nitrogen and oxygen atoms in total. The Bertz CT molecular complexity index is 621. The van der Waals surface area contributed by atoms with Crippen LogP contribution in [0.2, 0.25) is 0 Å². The zero-order valence-corrected chi connectivity index (χ0v) is 12.9. The maximum Gasteiger partial charge on any atom is 0.251 e. The summed E-state index contributed by atoms with van der Waals surface area (Å²) in [5.41, 5.74) is 1.49. The summed E-state index contributed by atoms with van der Waals surface area (Å²) in [6.07, 6.45) is 7.01. The SMILES string of the molecule is O=C(NCC(O)COCC1CC1)c1ccc(-n2ccnc2)cc1. The molecule has 1 aliphatic carbocycles. The Labute approximate surface area is 135 Å². The molecule has 0 radical (unpaired) electrons. The Morgan fingerprint density at radius 1 is 1.39 bits per heavy atom. The third-order valence-electron chi connectivity index (χ3n) is 3.79. The topological polar surface area (TPSA) is 76.4 Å². The summed E-state index contributed by atoms with van der Waals surface area (Å²) < 4.78 is 7.27. The Hall–Kier alpha value is -2.18. The van der Waals surface area contributed by atoms with Gasteiger partial charge in [-0.3, -0.25) is 4.79 Å². The lowest BCUT2D eigenvalue weighted by Gasteiger charge is -2.12. The Kier molecular flexibility index (Phi) is 5.05. The lowest BCUT2D eigenvalue weighted by molar-refractivity contribution is 0.0320. The van der Waals surface area contributed by atoms with E-state index in [9.17, 15) is 9.90 Å². The number of aliphatic hydroxyl groups excluding tert-OH is 1. The highest BCUT2D eigenvalue weighted by Gasteiger charge is 2.21. The zero-order chi connectivity index (χ0) is 16.1. The van der Waals surface area contributed by atoms with E-state index >= 15 is 0 Å². The van der Waals surface area contributed by atoms with E-state index in [-0.39, 0.29) is 19.1 Å². The molecule has 1 aromatic heterocycles. The Balaban J connectivity index is 1.44. The first-order valence-corrected chi connectivity index (χ1v) is 7.85. The Morgan fingerprint density at radius 3 is 2.83 bits per heavy atom. The van der Waals surface area contributed by atoms with Gasteiger partial charge in [-0.2, -0.15) is 0 Å². The highest BCUT2D eigenvalue weighted by atomic mass is 16.5. The molecular weight excluding hydrogens is 294 g/mol. The molecule has 1 atom stereocenters. The van der Waals surface area contributed by atoms with Crippen molar-refractivity contribution in [1.82, 2.24) is 14.9 Å². The van der Waals surface area contributed by atoms with Crippen molar-refractivity contribution in [2.45, 2.75) is 18.9 Å². The van der Waals surface area contributed by atoms with Gasteiger partial charge < -0.3 is 19.7 Å². The van der Waals surface area contributed by atoms with Gasteiger partial charge in [-0.05, 0) is 43.0 Å². The number of amides is 1. The molecule has 122 valence electrons. The molecule has 0 spiro atoms. The number of aliphatic hydroxyl groups is 1. The number of benzene rings is 1. The van der Waals surface area contributed by atoms with Crippen molar-refractivity contribution in [1.29, 1.82) is 0 Å². The highest BCUT2D eigenvalue weighted by Crippen LogP contribution is 2.28. The molecule has 1 saturated carbocycles. The third-order valence-corrected chi connectivity index (χ3v) is 3.79. The predicted octanol–water partition coefficient (Wildman–Crippen LogP) is 1.39. The van der Waals surface area contributed by atoms with Crippen LogP contribution < -0.4 is 5.32 Å². The smallest absolute Gasteiger partial charge is 0.251 e. The number of rotatable bonds is 8. The first-order valence-electron chi connectivity index (χ1n) is 7.85. The molecule has 0 aliphatic heterocycles. The normalized spacial score (nSPS) is 15.3. The van der Waals surface area contributed by atoms with Crippen LogP contribution in [0.25, 0.3) is 5.69 Å². The van der Waals surface area contributed by atoms with Crippen LogP contribution in [0.5, 0.6) is 0 Å². The van der Waals surface area contributed by atoms with Gasteiger partial charge in [-0.15, -0.1) is 0 Å². The van der Waals surface area contributed by atoms with Crippen LogP contribution in [-0.2, 0) is 4.74 Å². The zero-order valence-electron chi connectivity index (χ0n) is 12.9. The second-order valence-electron chi connectivity index (χ2n) is 5.86. The predicted molar refractivity (Wildman–Crippen MR) is 85.4 cm³/mol. The van der Waals surface area contributed by atoms with E-state index in [1.807, 2.05) is 22.9 Å². The molecule has 2 N–H and O–H groups in total. The number of nitrogens with one attached hydrogen (secondary N) is 1. The van der Waals surface area contributed by atoms with Crippen molar-refractivity contribution in [2.24, 2.45) is 5.92 Å². The fourth-order valence-corrected chi connectivity index (χ4v) is 2.22. The first kappa shape index (κ1) is 15.7. The van der Waals surface area contributed by atoms with Gasteiger partial charge in [0.05, 0.1) is 19.0 Å². The molecular formula is C17H21N3O3. The van der Waals surface area contributed by atoms with E-state index in [1.165, 1.54) is 12.8 Å². The summed E-state index contributed by atoms with van der Waals surface area (Å²) in [7, 11) is 0. The van der Waals surface area contributed by atoms with Crippen LogP contribution in [-0.4, -0.2) is 46.4 Å². The fourth-order valence-electron chi connectivity index (χ4n) is 2.22. The van der Waals surface area contributed by atoms with Crippen LogP contribution in [0.4, 0.5) is 0 Å². The van der Waals surface area contributed by atoms with Gasteiger partial charge in [0.2, 0.25) is 0 Å². The van der Waals surface area contributed by atoms with Crippen LogP contribution in [0.15, 0.2) is 43.0 Å². The van der Waals surface area contributed by atoms with Crippen molar-refractivity contribution in [3.63, 3.8) is 0 Å². The quantitative estimate of drug-likeness (QED) is 0.772. The molecule has 3 rings (SSSR count). The molecule has 0 saturated heterocycles. The average Bonchev–Trinajstić information content (AvgIpc) is 3.23. The lowest BCUT2D eigenvalue weighted by atomic mass is 10.2. The van der Waals surface area contributed by atoms with Crippen molar-refractivity contribution < 1.29 is 14.6 Å². The number of ether oxygens (including phenoxy) is 1. The number of imidazole rings is 1. The highest BCUT2D eigenvalue weighted by molar-refractivity contribution is 5.94. The molecule has 1 aliphatic rings. The van der Waals surface area contributed by atoms with Crippen LogP contribution in [0, 0.1) is 5.92 Å². The number of aromatic nitrogens is 2. The summed E-state index contributed by atoms with van der Waals surface area (Å²) in [6, 6.07) is 7.21. The first-order chi connectivity index (χ1) is 11.2. The molecule has 2 aromatic rings. The van der Waals surface area contributed by atoms with Gasteiger partial charge in [-0.1, -0.05) is 0 Å². The molecule has 1 amide bonds. The van der Waals surface area contributed by atoms with E-state index in [2.05, 4.69) is 10.3 Å².